The predicted molar refractivity (Wildman–Crippen MR) is 105 cm³/mol. The van der Waals surface area contributed by atoms with Crippen molar-refractivity contribution in [2.45, 2.75) is 44.8 Å². The Morgan fingerprint density at radius 3 is 2.64 bits per heavy atom. The van der Waals surface area contributed by atoms with E-state index in [1.54, 1.807) is 0 Å². The molecule has 2 aliphatic rings. The highest BCUT2D eigenvalue weighted by Gasteiger charge is 2.35. The van der Waals surface area contributed by atoms with Gasteiger partial charge in [-0.25, -0.2) is 8.42 Å². The largest absolute Gasteiger partial charge is 0.376 e. The minimum Gasteiger partial charge on any atom is -0.376 e. The molecule has 0 radical (unpaired) electrons. The lowest BCUT2D eigenvalue weighted by atomic mass is 10.1. The van der Waals surface area contributed by atoms with Crippen LogP contribution in [0.3, 0.4) is 0 Å². The molecule has 2 saturated heterocycles. The number of hydrogen-bond acceptors (Lipinski definition) is 4. The predicted octanol–water partition coefficient (Wildman–Crippen LogP) is 2.61. The molecule has 0 bridgehead atoms. The van der Waals surface area contributed by atoms with Crippen LogP contribution in [0.25, 0.3) is 0 Å². The van der Waals surface area contributed by atoms with Crippen LogP contribution in [0.2, 0.25) is 0 Å². The quantitative estimate of drug-likeness (QED) is 0.790. The number of rotatable bonds is 5. The number of nitrogens with zero attached hydrogens (tertiary/aromatic N) is 1. The summed E-state index contributed by atoms with van der Waals surface area (Å²) in [6, 6.07) is 8.12. The molecular weight excluding hydrogens is 356 g/mol. The monoisotopic (exact) mass is 382 g/mol. The highest BCUT2D eigenvalue weighted by atomic mass is 32.2. The van der Waals surface area contributed by atoms with Crippen LogP contribution in [0.4, 0.5) is 5.69 Å². The van der Waals surface area contributed by atoms with Gasteiger partial charge in [-0.1, -0.05) is 19.1 Å². The minimum absolute atomic E-state index is 0.0656. The molecule has 2 fully saturated rings. The fraction of sp³-hybridized carbons (Fsp3) is 0.611. The SMILES string of the molecule is CCc1ccc(NC(=S)N(C[C@H]2CCCO2)[C@H]2CCS(=O)(=O)C2)cc1. The Morgan fingerprint density at radius 1 is 1.32 bits per heavy atom. The molecule has 0 aliphatic carbocycles. The molecule has 0 spiro atoms. The molecule has 25 heavy (non-hydrogen) atoms. The van der Waals surface area contributed by atoms with Crippen molar-refractivity contribution in [1.29, 1.82) is 0 Å². The van der Waals surface area contributed by atoms with Gasteiger partial charge >= 0.3 is 0 Å². The molecule has 2 atom stereocenters. The molecule has 0 saturated carbocycles. The van der Waals surface area contributed by atoms with Crippen molar-refractivity contribution in [1.82, 2.24) is 4.90 Å². The van der Waals surface area contributed by atoms with E-state index in [1.165, 1.54) is 5.56 Å². The van der Waals surface area contributed by atoms with Crippen LogP contribution in [-0.4, -0.2) is 55.2 Å². The van der Waals surface area contributed by atoms with Crippen molar-refractivity contribution in [3.05, 3.63) is 29.8 Å². The van der Waals surface area contributed by atoms with Gasteiger partial charge in [-0.05, 0) is 55.6 Å². The average Bonchev–Trinajstić information content (AvgIpc) is 3.22. The van der Waals surface area contributed by atoms with Gasteiger partial charge in [0.2, 0.25) is 0 Å². The molecule has 138 valence electrons. The van der Waals surface area contributed by atoms with E-state index in [0.717, 1.165) is 31.6 Å². The molecule has 2 heterocycles. The molecule has 5 nitrogen and oxygen atoms in total. The summed E-state index contributed by atoms with van der Waals surface area (Å²) in [6.07, 6.45) is 3.82. The van der Waals surface area contributed by atoms with Crippen LogP contribution in [0.15, 0.2) is 24.3 Å². The van der Waals surface area contributed by atoms with Gasteiger partial charge < -0.3 is 15.0 Å². The molecule has 1 aromatic carbocycles. The van der Waals surface area contributed by atoms with Gasteiger partial charge in [0.15, 0.2) is 14.9 Å². The molecule has 0 amide bonds. The lowest BCUT2D eigenvalue weighted by molar-refractivity contribution is 0.0851. The number of ether oxygens (including phenoxy) is 1. The summed E-state index contributed by atoms with van der Waals surface area (Å²) >= 11 is 5.63. The van der Waals surface area contributed by atoms with Crippen molar-refractivity contribution < 1.29 is 13.2 Å². The average molecular weight is 383 g/mol. The van der Waals surface area contributed by atoms with Crippen LogP contribution in [0.5, 0.6) is 0 Å². The standard InChI is InChI=1S/C18H26N2O3S2/c1-2-14-5-7-15(8-6-14)19-18(24)20(12-17-4-3-10-23-17)16-9-11-25(21,22)13-16/h5-8,16-17H,2-4,9-13H2,1H3,(H,19,24)/t16-,17+/m0/s1. The first-order valence-corrected chi connectivity index (χ1v) is 11.2. The van der Waals surface area contributed by atoms with Crippen LogP contribution >= 0.6 is 12.2 Å². The second-order valence-corrected chi connectivity index (χ2v) is 9.44. The summed E-state index contributed by atoms with van der Waals surface area (Å²) in [7, 11) is -2.96. The Labute approximate surface area is 155 Å². The lowest BCUT2D eigenvalue weighted by Crippen LogP contribution is -2.47. The summed E-state index contributed by atoms with van der Waals surface area (Å²) in [5.74, 6) is 0.420. The summed E-state index contributed by atoms with van der Waals surface area (Å²) in [5.41, 5.74) is 2.20. The number of aryl methyl sites for hydroxylation is 1. The van der Waals surface area contributed by atoms with Gasteiger partial charge in [0.05, 0.1) is 17.6 Å². The van der Waals surface area contributed by atoms with Crippen molar-refractivity contribution in [2.75, 3.05) is 30.0 Å². The van der Waals surface area contributed by atoms with Crippen molar-refractivity contribution >= 4 is 32.9 Å². The number of sulfone groups is 1. The Kier molecular flexibility index (Phi) is 5.96. The zero-order valence-corrected chi connectivity index (χ0v) is 16.2. The fourth-order valence-corrected chi connectivity index (χ4v) is 5.52. The first-order chi connectivity index (χ1) is 12.0. The van der Waals surface area contributed by atoms with Crippen molar-refractivity contribution in [3.8, 4) is 0 Å². The maximum Gasteiger partial charge on any atom is 0.173 e. The maximum absolute atomic E-state index is 11.9. The number of anilines is 1. The third-order valence-electron chi connectivity index (χ3n) is 4.95. The second-order valence-electron chi connectivity index (χ2n) is 6.82. The van der Waals surface area contributed by atoms with Gasteiger partial charge in [0.1, 0.15) is 0 Å². The molecule has 3 rings (SSSR count). The van der Waals surface area contributed by atoms with E-state index >= 15 is 0 Å². The van der Waals surface area contributed by atoms with E-state index in [9.17, 15) is 8.42 Å². The Bertz CT molecular complexity index is 698. The number of hydrogen-bond donors (Lipinski definition) is 1. The van der Waals surface area contributed by atoms with Crippen LogP contribution in [-0.2, 0) is 21.0 Å². The van der Waals surface area contributed by atoms with E-state index in [0.29, 0.717) is 18.1 Å². The van der Waals surface area contributed by atoms with Gasteiger partial charge in [0, 0.05) is 24.9 Å². The molecule has 1 aromatic rings. The number of nitrogens with one attached hydrogen (secondary N) is 1. The third kappa shape index (κ3) is 4.92. The molecule has 7 heteroatoms. The Hall–Kier alpha value is -1.18. The van der Waals surface area contributed by atoms with Gasteiger partial charge in [0.25, 0.3) is 0 Å². The van der Waals surface area contributed by atoms with Crippen LogP contribution in [0.1, 0.15) is 31.7 Å². The zero-order chi connectivity index (χ0) is 17.9. The molecule has 2 aliphatic heterocycles. The first kappa shape index (κ1) is 18.6. The molecule has 0 aromatic heterocycles. The number of thiocarbonyl (C=S) groups is 1. The van der Waals surface area contributed by atoms with Crippen LogP contribution < -0.4 is 5.32 Å². The molecular formula is C18H26N2O3S2. The van der Waals surface area contributed by atoms with E-state index in [1.807, 2.05) is 17.0 Å². The van der Waals surface area contributed by atoms with E-state index in [2.05, 4.69) is 24.4 Å². The van der Waals surface area contributed by atoms with Crippen molar-refractivity contribution in [3.63, 3.8) is 0 Å². The van der Waals surface area contributed by atoms with Gasteiger partial charge in [-0.2, -0.15) is 0 Å². The summed E-state index contributed by atoms with van der Waals surface area (Å²) in [6.45, 7) is 3.55. The third-order valence-corrected chi connectivity index (χ3v) is 7.03. The first-order valence-electron chi connectivity index (χ1n) is 8.95. The highest BCUT2D eigenvalue weighted by molar-refractivity contribution is 7.91. The second kappa shape index (κ2) is 8.01. The number of benzene rings is 1. The summed E-state index contributed by atoms with van der Waals surface area (Å²) < 4.78 is 29.6. The normalized spacial score (nSPS) is 25.0. The minimum atomic E-state index is -2.96. The van der Waals surface area contributed by atoms with Gasteiger partial charge in [-0.3, -0.25) is 0 Å². The van der Waals surface area contributed by atoms with E-state index < -0.39 is 9.84 Å². The molecule has 1 N–H and O–H groups in total. The molecule has 0 unspecified atom stereocenters. The maximum atomic E-state index is 11.9. The zero-order valence-electron chi connectivity index (χ0n) is 14.6. The summed E-state index contributed by atoms with van der Waals surface area (Å²) in [4.78, 5) is 2.03. The smallest absolute Gasteiger partial charge is 0.173 e. The van der Waals surface area contributed by atoms with E-state index in [-0.39, 0.29) is 23.7 Å². The highest BCUT2D eigenvalue weighted by Crippen LogP contribution is 2.22. The van der Waals surface area contributed by atoms with Crippen molar-refractivity contribution in [2.24, 2.45) is 0 Å². The Morgan fingerprint density at radius 2 is 2.08 bits per heavy atom. The van der Waals surface area contributed by atoms with E-state index in [4.69, 9.17) is 17.0 Å². The van der Waals surface area contributed by atoms with Gasteiger partial charge in [-0.15, -0.1) is 0 Å². The lowest BCUT2D eigenvalue weighted by Gasteiger charge is -2.33. The Balaban J connectivity index is 1.71. The summed E-state index contributed by atoms with van der Waals surface area (Å²) in [5, 5.41) is 3.86. The van der Waals surface area contributed by atoms with Crippen LogP contribution in [0, 0.1) is 0 Å². The fourth-order valence-electron chi connectivity index (χ4n) is 3.45. The topological polar surface area (TPSA) is 58.6 Å².